The summed E-state index contributed by atoms with van der Waals surface area (Å²) in [7, 11) is 1.67. The number of carbonyl (C=O) groups excluding carboxylic acids is 1. The van der Waals surface area contributed by atoms with E-state index in [1.54, 1.807) is 12.0 Å². The van der Waals surface area contributed by atoms with Gasteiger partial charge in [0.25, 0.3) is 0 Å². The maximum Gasteiger partial charge on any atom is 0.315 e. The van der Waals surface area contributed by atoms with Crippen LogP contribution in [0.15, 0.2) is 0 Å². The molecule has 0 spiro atoms. The molecule has 1 rings (SSSR count). The number of amides is 1. The van der Waals surface area contributed by atoms with Gasteiger partial charge in [-0.25, -0.2) is 0 Å². The Bertz CT molecular complexity index is 259. The number of rotatable bonds is 4. The van der Waals surface area contributed by atoms with E-state index in [0.717, 1.165) is 19.4 Å². The standard InChI is InChI=1S/C11H19NO4/c1-8(11(14)15)10(13)12-5-3-9(4-6-12)7-16-2/h8-9H,3-7H2,1-2H3,(H,14,15). The third kappa shape index (κ3) is 3.20. The number of aliphatic carboxylic acids is 1. The number of piperidine rings is 1. The molecule has 0 aromatic heterocycles. The van der Waals surface area contributed by atoms with Crippen LogP contribution >= 0.6 is 0 Å². The molecule has 0 bridgehead atoms. The van der Waals surface area contributed by atoms with Crippen molar-refractivity contribution in [3.05, 3.63) is 0 Å². The topological polar surface area (TPSA) is 66.8 Å². The average Bonchev–Trinajstić information content (AvgIpc) is 2.28. The summed E-state index contributed by atoms with van der Waals surface area (Å²) in [5.41, 5.74) is 0. The van der Waals surface area contributed by atoms with Crippen molar-refractivity contribution in [2.45, 2.75) is 19.8 Å². The van der Waals surface area contributed by atoms with Crippen LogP contribution in [0.4, 0.5) is 0 Å². The van der Waals surface area contributed by atoms with Gasteiger partial charge in [0.1, 0.15) is 5.92 Å². The molecule has 1 heterocycles. The van der Waals surface area contributed by atoms with Crippen LogP contribution < -0.4 is 0 Å². The van der Waals surface area contributed by atoms with E-state index in [2.05, 4.69) is 0 Å². The molecule has 1 saturated heterocycles. The zero-order valence-corrected chi connectivity index (χ0v) is 9.81. The Morgan fingerprint density at radius 2 is 2.00 bits per heavy atom. The number of nitrogens with zero attached hydrogens (tertiary/aromatic N) is 1. The molecule has 1 unspecified atom stereocenters. The van der Waals surface area contributed by atoms with Crippen LogP contribution in [0.5, 0.6) is 0 Å². The largest absolute Gasteiger partial charge is 0.481 e. The van der Waals surface area contributed by atoms with Gasteiger partial charge in [0.15, 0.2) is 0 Å². The summed E-state index contributed by atoms with van der Waals surface area (Å²) in [6, 6.07) is 0. The first-order valence-corrected chi connectivity index (χ1v) is 5.56. The summed E-state index contributed by atoms with van der Waals surface area (Å²) in [6.07, 6.45) is 1.79. The minimum atomic E-state index is -1.05. The summed E-state index contributed by atoms with van der Waals surface area (Å²) in [6.45, 7) is 3.44. The second-order valence-electron chi connectivity index (χ2n) is 4.28. The number of ether oxygens (including phenoxy) is 1. The lowest BCUT2D eigenvalue weighted by molar-refractivity contribution is -0.151. The Hall–Kier alpha value is -1.10. The maximum absolute atomic E-state index is 11.7. The van der Waals surface area contributed by atoms with Gasteiger partial charge >= 0.3 is 5.97 Å². The number of carbonyl (C=O) groups is 2. The van der Waals surface area contributed by atoms with Crippen LogP contribution in [0.1, 0.15) is 19.8 Å². The molecule has 1 fully saturated rings. The Balaban J connectivity index is 2.41. The number of carboxylic acid groups (broad SMARTS) is 1. The first kappa shape index (κ1) is 13.0. The first-order chi connectivity index (χ1) is 7.56. The van der Waals surface area contributed by atoms with Crippen molar-refractivity contribution >= 4 is 11.9 Å². The molecule has 0 aromatic rings. The van der Waals surface area contributed by atoms with Gasteiger partial charge in [0, 0.05) is 26.8 Å². The van der Waals surface area contributed by atoms with Gasteiger partial charge in [-0.1, -0.05) is 0 Å². The molecule has 1 N–H and O–H groups in total. The lowest BCUT2D eigenvalue weighted by atomic mass is 9.97. The highest BCUT2D eigenvalue weighted by molar-refractivity contribution is 5.96. The van der Waals surface area contributed by atoms with E-state index >= 15 is 0 Å². The van der Waals surface area contributed by atoms with E-state index in [1.165, 1.54) is 6.92 Å². The fourth-order valence-corrected chi connectivity index (χ4v) is 1.94. The lowest BCUT2D eigenvalue weighted by Crippen LogP contribution is -2.43. The molecule has 1 aliphatic heterocycles. The predicted molar refractivity (Wildman–Crippen MR) is 58.0 cm³/mol. The lowest BCUT2D eigenvalue weighted by Gasteiger charge is -2.32. The molecular formula is C11H19NO4. The van der Waals surface area contributed by atoms with Crippen LogP contribution in [0.25, 0.3) is 0 Å². The number of carboxylic acids is 1. The van der Waals surface area contributed by atoms with Crippen LogP contribution in [-0.4, -0.2) is 48.7 Å². The second-order valence-corrected chi connectivity index (χ2v) is 4.28. The van der Waals surface area contributed by atoms with Crippen molar-refractivity contribution in [3.8, 4) is 0 Å². The van der Waals surface area contributed by atoms with E-state index in [0.29, 0.717) is 19.0 Å². The number of likely N-dealkylation sites (tertiary alicyclic amines) is 1. The third-order valence-corrected chi connectivity index (χ3v) is 3.07. The van der Waals surface area contributed by atoms with Crippen molar-refractivity contribution in [1.29, 1.82) is 0 Å². The Morgan fingerprint density at radius 3 is 2.44 bits per heavy atom. The van der Waals surface area contributed by atoms with Crippen LogP contribution in [0, 0.1) is 11.8 Å². The minimum absolute atomic E-state index is 0.275. The Morgan fingerprint density at radius 1 is 1.44 bits per heavy atom. The molecule has 0 radical (unpaired) electrons. The molecule has 16 heavy (non-hydrogen) atoms. The van der Waals surface area contributed by atoms with Gasteiger partial charge in [-0.3, -0.25) is 9.59 Å². The molecule has 0 aromatic carbocycles. The molecule has 92 valence electrons. The summed E-state index contributed by atoms with van der Waals surface area (Å²) >= 11 is 0. The summed E-state index contributed by atoms with van der Waals surface area (Å²) in [4.78, 5) is 24.0. The highest BCUT2D eigenvalue weighted by atomic mass is 16.5. The van der Waals surface area contributed by atoms with Crippen molar-refractivity contribution < 1.29 is 19.4 Å². The van der Waals surface area contributed by atoms with E-state index in [4.69, 9.17) is 9.84 Å². The molecule has 0 saturated carbocycles. The second kappa shape index (κ2) is 5.84. The smallest absolute Gasteiger partial charge is 0.315 e. The van der Waals surface area contributed by atoms with Gasteiger partial charge in [0.2, 0.25) is 5.91 Å². The molecule has 1 atom stereocenters. The summed E-state index contributed by atoms with van der Waals surface area (Å²) in [5.74, 6) is -1.76. The van der Waals surface area contributed by atoms with E-state index in [9.17, 15) is 9.59 Å². The molecule has 5 nitrogen and oxygen atoms in total. The van der Waals surface area contributed by atoms with Gasteiger partial charge in [0.05, 0.1) is 0 Å². The monoisotopic (exact) mass is 229 g/mol. The molecule has 1 aliphatic rings. The van der Waals surface area contributed by atoms with Crippen LogP contribution in [0.3, 0.4) is 0 Å². The van der Waals surface area contributed by atoms with Crippen LogP contribution in [-0.2, 0) is 14.3 Å². The minimum Gasteiger partial charge on any atom is -0.481 e. The SMILES string of the molecule is COCC1CCN(C(=O)C(C)C(=O)O)CC1. The fourth-order valence-electron chi connectivity index (χ4n) is 1.94. The quantitative estimate of drug-likeness (QED) is 0.716. The van der Waals surface area contributed by atoms with Crippen LogP contribution in [0.2, 0.25) is 0 Å². The van der Waals surface area contributed by atoms with Gasteiger partial charge in [-0.15, -0.1) is 0 Å². The summed E-state index contributed by atoms with van der Waals surface area (Å²) < 4.78 is 5.07. The molecule has 0 aliphatic carbocycles. The number of hydrogen-bond donors (Lipinski definition) is 1. The van der Waals surface area contributed by atoms with Crippen molar-refractivity contribution in [1.82, 2.24) is 4.90 Å². The van der Waals surface area contributed by atoms with Gasteiger partial charge in [-0.2, -0.15) is 0 Å². The third-order valence-electron chi connectivity index (χ3n) is 3.07. The zero-order chi connectivity index (χ0) is 12.1. The van der Waals surface area contributed by atoms with Crippen molar-refractivity contribution in [2.24, 2.45) is 11.8 Å². The number of methoxy groups -OCH3 is 1. The normalized spacial score (nSPS) is 19.5. The van der Waals surface area contributed by atoms with Crippen molar-refractivity contribution in [3.63, 3.8) is 0 Å². The molecule has 5 heteroatoms. The van der Waals surface area contributed by atoms with E-state index in [-0.39, 0.29) is 5.91 Å². The average molecular weight is 229 g/mol. The predicted octanol–water partition coefficient (Wildman–Crippen LogP) is 0.592. The Labute approximate surface area is 95.4 Å². The molecule has 1 amide bonds. The fraction of sp³-hybridized carbons (Fsp3) is 0.818. The number of hydrogen-bond acceptors (Lipinski definition) is 3. The Kier molecular flexibility index (Phi) is 4.73. The first-order valence-electron chi connectivity index (χ1n) is 5.56. The van der Waals surface area contributed by atoms with E-state index in [1.807, 2.05) is 0 Å². The highest BCUT2D eigenvalue weighted by Crippen LogP contribution is 2.18. The summed E-state index contributed by atoms with van der Waals surface area (Å²) in [5, 5.41) is 8.75. The van der Waals surface area contributed by atoms with Gasteiger partial charge < -0.3 is 14.7 Å². The zero-order valence-electron chi connectivity index (χ0n) is 9.81. The van der Waals surface area contributed by atoms with E-state index < -0.39 is 11.9 Å². The highest BCUT2D eigenvalue weighted by Gasteiger charge is 2.29. The maximum atomic E-state index is 11.7. The van der Waals surface area contributed by atoms with Gasteiger partial charge in [-0.05, 0) is 25.7 Å². The van der Waals surface area contributed by atoms with Crippen molar-refractivity contribution in [2.75, 3.05) is 26.8 Å². The molecular weight excluding hydrogens is 210 g/mol.